The quantitative estimate of drug-likeness (QED) is 0.666. The lowest BCUT2D eigenvalue weighted by atomic mass is 9.76. The van der Waals surface area contributed by atoms with Gasteiger partial charge in [0.2, 0.25) is 0 Å². The fraction of sp³-hybridized carbons (Fsp3) is 1.00. The molecule has 0 spiro atoms. The first-order chi connectivity index (χ1) is 4.45. The predicted octanol–water partition coefficient (Wildman–Crippen LogP) is 2.57. The zero-order valence-corrected chi connectivity index (χ0v) is 8.65. The Morgan fingerprint density at radius 1 is 1.09 bits per heavy atom. The Hall–Kier alpha value is -0.0800. The van der Waals surface area contributed by atoms with E-state index in [2.05, 4.69) is 34.6 Å². The van der Waals surface area contributed by atoms with E-state index in [4.69, 9.17) is 5.73 Å². The molecular formula is C9H24N2. The van der Waals surface area contributed by atoms with E-state index in [1.165, 1.54) is 0 Å². The largest absolute Gasteiger partial charge is 0.344 e. The summed E-state index contributed by atoms with van der Waals surface area (Å²) >= 11 is 0. The van der Waals surface area contributed by atoms with Gasteiger partial charge in [-0.1, -0.05) is 34.6 Å². The Balaban J connectivity index is 0. The molecule has 0 saturated heterocycles. The van der Waals surface area contributed by atoms with Gasteiger partial charge >= 0.3 is 0 Å². The lowest BCUT2D eigenvalue weighted by Crippen LogP contribution is -2.49. The van der Waals surface area contributed by atoms with Crippen LogP contribution in [0.2, 0.25) is 0 Å². The van der Waals surface area contributed by atoms with Crippen LogP contribution in [-0.4, -0.2) is 5.54 Å². The van der Waals surface area contributed by atoms with E-state index in [1.54, 1.807) is 0 Å². The summed E-state index contributed by atoms with van der Waals surface area (Å²) in [6, 6.07) is 0. The van der Waals surface area contributed by atoms with E-state index in [1.807, 2.05) is 0 Å². The Labute approximate surface area is 71.1 Å². The van der Waals surface area contributed by atoms with Crippen LogP contribution in [0.3, 0.4) is 0 Å². The molecule has 0 atom stereocenters. The van der Waals surface area contributed by atoms with E-state index in [9.17, 15) is 0 Å². The highest BCUT2D eigenvalue weighted by Gasteiger charge is 2.29. The van der Waals surface area contributed by atoms with Crippen molar-refractivity contribution in [2.24, 2.45) is 17.6 Å². The predicted molar refractivity (Wildman–Crippen MR) is 51.9 cm³/mol. The highest BCUT2D eigenvalue weighted by atomic mass is 14.8. The van der Waals surface area contributed by atoms with Crippen LogP contribution in [0, 0.1) is 11.8 Å². The van der Waals surface area contributed by atoms with Crippen molar-refractivity contribution < 1.29 is 0 Å². The maximum absolute atomic E-state index is 6.18. The molecule has 2 nitrogen and oxygen atoms in total. The van der Waals surface area contributed by atoms with Crippen LogP contribution in [0.1, 0.15) is 41.0 Å². The maximum atomic E-state index is 6.18. The fourth-order valence-electron chi connectivity index (χ4n) is 1.48. The normalized spacial score (nSPS) is 12.0. The molecule has 11 heavy (non-hydrogen) atoms. The molecule has 0 heterocycles. The van der Waals surface area contributed by atoms with Gasteiger partial charge in [0.25, 0.3) is 0 Å². The maximum Gasteiger partial charge on any atom is 0.0198 e. The van der Waals surface area contributed by atoms with E-state index < -0.39 is 0 Å². The van der Waals surface area contributed by atoms with Crippen LogP contribution >= 0.6 is 0 Å². The first-order valence-electron chi connectivity index (χ1n) is 4.24. The van der Waals surface area contributed by atoms with Gasteiger partial charge in [-0.25, -0.2) is 0 Å². The van der Waals surface area contributed by atoms with Gasteiger partial charge in [0.05, 0.1) is 0 Å². The summed E-state index contributed by atoms with van der Waals surface area (Å²) in [6.07, 6.45) is 1.07. The minimum atomic E-state index is 0. The van der Waals surface area contributed by atoms with Crippen molar-refractivity contribution in [3.05, 3.63) is 0 Å². The molecule has 0 unspecified atom stereocenters. The molecule has 0 fully saturated rings. The lowest BCUT2D eigenvalue weighted by Gasteiger charge is -2.36. The molecule has 0 aromatic heterocycles. The van der Waals surface area contributed by atoms with Gasteiger partial charge in [-0.05, 0) is 18.3 Å². The highest BCUT2D eigenvalue weighted by Crippen LogP contribution is 2.26. The second-order valence-corrected chi connectivity index (χ2v) is 3.78. The average molecular weight is 160 g/mol. The summed E-state index contributed by atoms with van der Waals surface area (Å²) in [7, 11) is 0. The van der Waals surface area contributed by atoms with Gasteiger partial charge in [0.15, 0.2) is 0 Å². The minimum Gasteiger partial charge on any atom is -0.344 e. The lowest BCUT2D eigenvalue weighted by molar-refractivity contribution is 0.216. The average Bonchev–Trinajstić information content (AvgIpc) is 1.85. The Bertz CT molecular complexity index is 89.7. The van der Waals surface area contributed by atoms with Crippen LogP contribution in [0.25, 0.3) is 0 Å². The van der Waals surface area contributed by atoms with Gasteiger partial charge in [-0.2, -0.15) is 0 Å². The number of hydrogen-bond donors (Lipinski definition) is 2. The van der Waals surface area contributed by atoms with Crippen molar-refractivity contribution in [2.75, 3.05) is 0 Å². The smallest absolute Gasteiger partial charge is 0.0198 e. The van der Waals surface area contributed by atoms with Gasteiger partial charge in [-0.3, -0.25) is 0 Å². The number of nitrogens with two attached hydrogens (primary N) is 1. The van der Waals surface area contributed by atoms with Crippen molar-refractivity contribution in [1.29, 1.82) is 0 Å². The van der Waals surface area contributed by atoms with Gasteiger partial charge in [0, 0.05) is 5.54 Å². The van der Waals surface area contributed by atoms with Crippen LogP contribution in [0.15, 0.2) is 0 Å². The van der Waals surface area contributed by atoms with Gasteiger partial charge in [0.1, 0.15) is 0 Å². The first-order valence-corrected chi connectivity index (χ1v) is 4.24. The molecule has 0 rings (SSSR count). The monoisotopic (exact) mass is 160 g/mol. The topological polar surface area (TPSA) is 61.0 Å². The minimum absolute atomic E-state index is 0. The third kappa shape index (κ3) is 2.80. The van der Waals surface area contributed by atoms with Crippen LogP contribution in [0.4, 0.5) is 0 Å². The molecule has 5 N–H and O–H groups in total. The summed E-state index contributed by atoms with van der Waals surface area (Å²) in [4.78, 5) is 0. The van der Waals surface area contributed by atoms with Crippen molar-refractivity contribution in [3.63, 3.8) is 0 Å². The third-order valence-corrected chi connectivity index (χ3v) is 2.76. The van der Waals surface area contributed by atoms with E-state index in [0.717, 1.165) is 6.42 Å². The second kappa shape index (κ2) is 4.73. The standard InChI is InChI=1S/C9H21N.H3N/c1-6-9(10,7(2)3)8(4)5;/h7-8H,6,10H2,1-5H3;1H3. The SMILES string of the molecule is CCC(N)(C(C)C)C(C)C.N. The molecule has 0 aromatic carbocycles. The molecule has 0 aliphatic heterocycles. The van der Waals surface area contributed by atoms with Gasteiger partial charge in [-0.15, -0.1) is 0 Å². The summed E-state index contributed by atoms with van der Waals surface area (Å²) in [6.45, 7) is 11.0. The summed E-state index contributed by atoms with van der Waals surface area (Å²) in [5.74, 6) is 1.16. The van der Waals surface area contributed by atoms with E-state index in [0.29, 0.717) is 11.8 Å². The fourth-order valence-corrected chi connectivity index (χ4v) is 1.48. The Morgan fingerprint density at radius 2 is 1.36 bits per heavy atom. The molecule has 70 valence electrons. The van der Waals surface area contributed by atoms with Crippen molar-refractivity contribution >= 4 is 0 Å². The number of hydrogen-bond acceptors (Lipinski definition) is 2. The number of rotatable bonds is 3. The van der Waals surface area contributed by atoms with Gasteiger partial charge < -0.3 is 11.9 Å². The molecule has 0 saturated carbocycles. The molecule has 2 heteroatoms. The van der Waals surface area contributed by atoms with Crippen LogP contribution in [0.5, 0.6) is 0 Å². The van der Waals surface area contributed by atoms with Crippen LogP contribution < -0.4 is 11.9 Å². The molecule has 0 amide bonds. The second-order valence-electron chi connectivity index (χ2n) is 3.78. The molecule has 0 aliphatic carbocycles. The zero-order valence-electron chi connectivity index (χ0n) is 8.65. The van der Waals surface area contributed by atoms with Crippen molar-refractivity contribution in [1.82, 2.24) is 6.15 Å². The zero-order chi connectivity index (χ0) is 8.36. The molecular weight excluding hydrogens is 136 g/mol. The first kappa shape index (κ1) is 13.5. The third-order valence-electron chi connectivity index (χ3n) is 2.76. The molecule has 0 bridgehead atoms. The summed E-state index contributed by atoms with van der Waals surface area (Å²) in [5.41, 5.74) is 6.22. The molecule has 0 aliphatic rings. The Morgan fingerprint density at radius 3 is 1.36 bits per heavy atom. The Kier molecular flexibility index (Phi) is 5.81. The van der Waals surface area contributed by atoms with Crippen molar-refractivity contribution in [3.8, 4) is 0 Å². The summed E-state index contributed by atoms with van der Waals surface area (Å²) < 4.78 is 0. The van der Waals surface area contributed by atoms with E-state index >= 15 is 0 Å². The van der Waals surface area contributed by atoms with Crippen LogP contribution in [-0.2, 0) is 0 Å². The highest BCUT2D eigenvalue weighted by molar-refractivity contribution is 4.88. The molecule has 0 radical (unpaired) electrons. The summed E-state index contributed by atoms with van der Waals surface area (Å²) in [5, 5.41) is 0. The molecule has 0 aromatic rings. The van der Waals surface area contributed by atoms with E-state index in [-0.39, 0.29) is 11.7 Å². The van der Waals surface area contributed by atoms with Crippen molar-refractivity contribution in [2.45, 2.75) is 46.6 Å².